The zero-order valence-electron chi connectivity index (χ0n) is 15.0. The Balaban J connectivity index is 1.36. The Morgan fingerprint density at radius 1 is 1.07 bits per heavy atom. The molecule has 1 amide bonds. The zero-order chi connectivity index (χ0) is 18.5. The first-order valence-electron chi connectivity index (χ1n) is 9.21. The van der Waals surface area contributed by atoms with E-state index in [1.165, 1.54) is 0 Å². The van der Waals surface area contributed by atoms with Crippen LogP contribution in [0.2, 0.25) is 0 Å². The van der Waals surface area contributed by atoms with E-state index in [4.69, 9.17) is 9.47 Å². The number of nitrogens with zero attached hydrogens (tertiary/aromatic N) is 4. The number of thioether (sulfide) groups is 1. The molecule has 4 rings (SSSR count). The van der Waals surface area contributed by atoms with Crippen molar-refractivity contribution in [3.63, 3.8) is 0 Å². The van der Waals surface area contributed by atoms with E-state index in [-0.39, 0.29) is 18.1 Å². The molecule has 0 spiro atoms. The van der Waals surface area contributed by atoms with Crippen LogP contribution in [0.4, 0.5) is 0 Å². The maximum atomic E-state index is 13.0. The van der Waals surface area contributed by atoms with E-state index in [9.17, 15) is 4.79 Å². The zero-order valence-corrected chi connectivity index (χ0v) is 15.8. The van der Waals surface area contributed by atoms with E-state index < -0.39 is 0 Å². The minimum Gasteiger partial charge on any atom is -0.473 e. The van der Waals surface area contributed by atoms with E-state index in [1.807, 2.05) is 16.7 Å². The third-order valence-corrected chi connectivity index (χ3v) is 5.86. The number of pyridine rings is 1. The summed E-state index contributed by atoms with van der Waals surface area (Å²) in [6.45, 7) is 1.27. The number of amides is 1. The van der Waals surface area contributed by atoms with Crippen LogP contribution in [-0.4, -0.2) is 62.6 Å². The number of rotatable bonds is 5. The van der Waals surface area contributed by atoms with Crippen LogP contribution in [0, 0.1) is 0 Å². The van der Waals surface area contributed by atoms with Gasteiger partial charge in [0.25, 0.3) is 5.91 Å². The van der Waals surface area contributed by atoms with Crippen molar-refractivity contribution in [2.45, 2.75) is 31.5 Å². The van der Waals surface area contributed by atoms with E-state index in [0.717, 1.165) is 30.8 Å². The molecule has 8 heteroatoms. The van der Waals surface area contributed by atoms with Crippen LogP contribution in [0.1, 0.15) is 29.6 Å². The van der Waals surface area contributed by atoms with Gasteiger partial charge in [-0.05, 0) is 24.3 Å². The van der Waals surface area contributed by atoms with Gasteiger partial charge in [0.05, 0.1) is 6.20 Å². The summed E-state index contributed by atoms with van der Waals surface area (Å²) < 4.78 is 11.8. The molecular weight excluding hydrogens is 364 g/mol. The molecule has 7 nitrogen and oxygen atoms in total. The first-order valence-corrected chi connectivity index (χ1v) is 10.4. The fraction of sp³-hybridized carbons (Fsp3) is 0.474. The smallest absolute Gasteiger partial charge is 0.259 e. The van der Waals surface area contributed by atoms with Gasteiger partial charge in [0.15, 0.2) is 0 Å². The summed E-state index contributed by atoms with van der Waals surface area (Å²) in [4.78, 5) is 27.3. The van der Waals surface area contributed by atoms with E-state index in [1.54, 1.807) is 36.9 Å². The van der Waals surface area contributed by atoms with Gasteiger partial charge in [0.2, 0.25) is 11.8 Å². The van der Waals surface area contributed by atoms with Crippen molar-refractivity contribution in [1.29, 1.82) is 0 Å². The molecule has 4 heterocycles. The number of hydrogen-bond acceptors (Lipinski definition) is 7. The van der Waals surface area contributed by atoms with Gasteiger partial charge in [-0.25, -0.2) is 9.97 Å². The SMILES string of the molecule is O=C(c1cccnc1OC1CCSC1)N1CCC(Oc2cnccn2)CC1. The molecular formula is C19H22N4O3S. The highest BCUT2D eigenvalue weighted by Gasteiger charge is 2.28. The standard InChI is InChI=1S/C19H22N4O3S/c24-19(16-2-1-6-22-18(16)26-15-5-11-27-13-15)23-9-3-14(4-10-23)25-17-12-20-7-8-21-17/h1-2,6-8,12,14-15H,3-5,9-11,13H2. The minimum atomic E-state index is -0.0262. The largest absolute Gasteiger partial charge is 0.473 e. The molecule has 0 aliphatic carbocycles. The number of carbonyl (C=O) groups excluding carboxylic acids is 1. The van der Waals surface area contributed by atoms with Crippen LogP contribution in [0.25, 0.3) is 0 Å². The highest BCUT2D eigenvalue weighted by Crippen LogP contribution is 2.26. The quantitative estimate of drug-likeness (QED) is 0.781. The fourth-order valence-corrected chi connectivity index (χ4v) is 4.37. The van der Waals surface area contributed by atoms with E-state index in [2.05, 4.69) is 15.0 Å². The second-order valence-corrected chi connectivity index (χ2v) is 7.76. The normalized spacial score (nSPS) is 20.4. The summed E-state index contributed by atoms with van der Waals surface area (Å²) >= 11 is 1.87. The van der Waals surface area contributed by atoms with Crippen LogP contribution in [-0.2, 0) is 0 Å². The summed E-state index contributed by atoms with van der Waals surface area (Å²) in [5.74, 6) is 3.00. The molecule has 27 heavy (non-hydrogen) atoms. The van der Waals surface area contributed by atoms with Gasteiger partial charge >= 0.3 is 0 Å². The molecule has 2 fully saturated rings. The summed E-state index contributed by atoms with van der Waals surface area (Å²) in [5, 5.41) is 0. The van der Waals surface area contributed by atoms with Gasteiger partial charge in [0, 0.05) is 50.3 Å². The molecule has 1 unspecified atom stereocenters. The second kappa shape index (κ2) is 8.56. The Bertz CT molecular complexity index is 763. The second-order valence-electron chi connectivity index (χ2n) is 6.61. The monoisotopic (exact) mass is 386 g/mol. The van der Waals surface area contributed by atoms with Crippen LogP contribution < -0.4 is 9.47 Å². The molecule has 0 saturated carbocycles. The number of aromatic nitrogens is 3. The van der Waals surface area contributed by atoms with E-state index in [0.29, 0.717) is 30.4 Å². The topological polar surface area (TPSA) is 77.4 Å². The summed E-state index contributed by atoms with van der Waals surface area (Å²) in [6, 6.07) is 3.59. The predicted molar refractivity (Wildman–Crippen MR) is 102 cm³/mol. The molecule has 2 aromatic heterocycles. The summed E-state index contributed by atoms with van der Waals surface area (Å²) in [6.07, 6.45) is 9.23. The van der Waals surface area contributed by atoms with Crippen molar-refractivity contribution in [3.8, 4) is 11.8 Å². The number of ether oxygens (including phenoxy) is 2. The van der Waals surface area contributed by atoms with Crippen molar-refractivity contribution in [1.82, 2.24) is 19.9 Å². The van der Waals surface area contributed by atoms with Gasteiger partial charge in [-0.3, -0.25) is 9.78 Å². The molecule has 142 valence electrons. The predicted octanol–water partition coefficient (Wildman–Crippen LogP) is 2.44. The summed E-state index contributed by atoms with van der Waals surface area (Å²) in [5.41, 5.74) is 0.544. The maximum absolute atomic E-state index is 13.0. The third kappa shape index (κ3) is 4.50. The van der Waals surface area contributed by atoms with Gasteiger partial charge in [-0.2, -0.15) is 11.8 Å². The molecule has 2 saturated heterocycles. The van der Waals surface area contributed by atoms with Gasteiger partial charge < -0.3 is 14.4 Å². The number of likely N-dealkylation sites (tertiary alicyclic amines) is 1. The highest BCUT2D eigenvalue weighted by molar-refractivity contribution is 7.99. The molecule has 2 aromatic rings. The van der Waals surface area contributed by atoms with E-state index >= 15 is 0 Å². The van der Waals surface area contributed by atoms with Crippen LogP contribution >= 0.6 is 11.8 Å². The first-order chi connectivity index (χ1) is 13.3. The first kappa shape index (κ1) is 18.0. The molecule has 2 aliphatic heterocycles. The fourth-order valence-electron chi connectivity index (χ4n) is 3.28. The Hall–Kier alpha value is -2.35. The van der Waals surface area contributed by atoms with Crippen LogP contribution in [0.3, 0.4) is 0 Å². The number of hydrogen-bond donors (Lipinski definition) is 0. The van der Waals surface area contributed by atoms with Gasteiger partial charge in [-0.1, -0.05) is 0 Å². The highest BCUT2D eigenvalue weighted by atomic mass is 32.2. The average Bonchev–Trinajstić information content (AvgIpc) is 3.22. The molecule has 0 aromatic carbocycles. The van der Waals surface area contributed by atoms with Crippen LogP contribution in [0.15, 0.2) is 36.9 Å². The maximum Gasteiger partial charge on any atom is 0.259 e. The van der Waals surface area contributed by atoms with Crippen molar-refractivity contribution >= 4 is 17.7 Å². The lowest BCUT2D eigenvalue weighted by atomic mass is 10.1. The minimum absolute atomic E-state index is 0.0262. The Morgan fingerprint density at radius 3 is 2.70 bits per heavy atom. The lowest BCUT2D eigenvalue weighted by Gasteiger charge is -2.32. The van der Waals surface area contributed by atoms with Crippen molar-refractivity contribution in [2.75, 3.05) is 24.6 Å². The van der Waals surface area contributed by atoms with Crippen LogP contribution in [0.5, 0.6) is 11.8 Å². The molecule has 1 atom stereocenters. The van der Waals surface area contributed by atoms with Crippen molar-refractivity contribution < 1.29 is 14.3 Å². The Labute approximate surface area is 162 Å². The lowest BCUT2D eigenvalue weighted by Crippen LogP contribution is -2.42. The Morgan fingerprint density at radius 2 is 1.96 bits per heavy atom. The summed E-state index contributed by atoms with van der Waals surface area (Å²) in [7, 11) is 0. The molecule has 2 aliphatic rings. The third-order valence-electron chi connectivity index (χ3n) is 4.72. The average molecular weight is 386 g/mol. The number of carbonyl (C=O) groups is 1. The lowest BCUT2D eigenvalue weighted by molar-refractivity contribution is 0.0580. The van der Waals surface area contributed by atoms with Crippen molar-refractivity contribution in [3.05, 3.63) is 42.5 Å². The number of piperidine rings is 1. The molecule has 0 N–H and O–H groups in total. The molecule has 0 bridgehead atoms. The van der Waals surface area contributed by atoms with Gasteiger partial charge in [-0.15, -0.1) is 0 Å². The Kier molecular flexibility index (Phi) is 5.72. The van der Waals surface area contributed by atoms with Crippen molar-refractivity contribution in [2.24, 2.45) is 0 Å². The molecule has 0 radical (unpaired) electrons. The van der Waals surface area contributed by atoms with Gasteiger partial charge in [0.1, 0.15) is 17.8 Å².